The fourth-order valence-corrected chi connectivity index (χ4v) is 2.77. The number of pyridine rings is 1. The Labute approximate surface area is 160 Å². The van der Waals surface area contributed by atoms with E-state index >= 15 is 0 Å². The molecule has 0 atom stereocenters. The summed E-state index contributed by atoms with van der Waals surface area (Å²) >= 11 is 0. The molecule has 144 valence electrons. The SMILES string of the molecule is CNC(=O)c1ccc(OC)c(NC(=O)NCc2ccc3c(=O)cc[nH]c3c2)c1. The molecular formula is C20H20N4O4. The van der Waals surface area contributed by atoms with E-state index in [1.807, 2.05) is 6.07 Å². The van der Waals surface area contributed by atoms with Crippen molar-refractivity contribution >= 4 is 28.5 Å². The number of ether oxygens (including phenoxy) is 1. The highest BCUT2D eigenvalue weighted by molar-refractivity contribution is 5.97. The fourth-order valence-electron chi connectivity index (χ4n) is 2.77. The molecule has 4 N–H and O–H groups in total. The number of nitrogens with one attached hydrogen (secondary N) is 4. The zero-order valence-corrected chi connectivity index (χ0v) is 15.5. The number of carbonyl (C=O) groups excluding carboxylic acids is 2. The van der Waals surface area contributed by atoms with Gasteiger partial charge in [-0.1, -0.05) is 6.07 Å². The Balaban J connectivity index is 1.70. The van der Waals surface area contributed by atoms with E-state index in [2.05, 4.69) is 20.9 Å². The van der Waals surface area contributed by atoms with Gasteiger partial charge in [-0.25, -0.2) is 4.79 Å². The molecule has 0 spiro atoms. The highest BCUT2D eigenvalue weighted by Crippen LogP contribution is 2.25. The molecule has 8 nitrogen and oxygen atoms in total. The van der Waals surface area contributed by atoms with E-state index < -0.39 is 6.03 Å². The molecule has 1 heterocycles. The number of amides is 3. The first-order chi connectivity index (χ1) is 13.5. The molecule has 0 aliphatic carbocycles. The van der Waals surface area contributed by atoms with Gasteiger partial charge in [-0.3, -0.25) is 9.59 Å². The van der Waals surface area contributed by atoms with Crippen LogP contribution in [0.15, 0.2) is 53.5 Å². The van der Waals surface area contributed by atoms with Crippen molar-refractivity contribution in [3.8, 4) is 5.75 Å². The molecule has 0 aliphatic heterocycles. The quantitative estimate of drug-likeness (QED) is 0.544. The second-order valence-corrected chi connectivity index (χ2v) is 6.02. The van der Waals surface area contributed by atoms with Crippen molar-refractivity contribution in [2.24, 2.45) is 0 Å². The number of aromatic nitrogens is 1. The molecule has 0 saturated carbocycles. The van der Waals surface area contributed by atoms with Crippen LogP contribution in [-0.4, -0.2) is 31.1 Å². The van der Waals surface area contributed by atoms with E-state index in [9.17, 15) is 14.4 Å². The van der Waals surface area contributed by atoms with Crippen molar-refractivity contribution < 1.29 is 14.3 Å². The Kier molecular flexibility index (Phi) is 5.59. The summed E-state index contributed by atoms with van der Waals surface area (Å²) in [5.41, 5.74) is 2.25. The zero-order valence-electron chi connectivity index (χ0n) is 15.5. The van der Waals surface area contributed by atoms with Crippen LogP contribution in [0.4, 0.5) is 10.5 Å². The van der Waals surface area contributed by atoms with Crippen LogP contribution in [0.3, 0.4) is 0 Å². The zero-order chi connectivity index (χ0) is 20.1. The number of carbonyl (C=O) groups is 2. The Morgan fingerprint density at radius 3 is 2.68 bits per heavy atom. The maximum atomic E-state index is 12.3. The maximum absolute atomic E-state index is 12.3. The second-order valence-electron chi connectivity index (χ2n) is 6.02. The molecule has 1 aromatic heterocycles. The van der Waals surface area contributed by atoms with Gasteiger partial charge in [0.2, 0.25) is 0 Å². The van der Waals surface area contributed by atoms with Crippen LogP contribution >= 0.6 is 0 Å². The molecule has 3 amide bonds. The van der Waals surface area contributed by atoms with Crippen molar-refractivity contribution in [3.05, 3.63) is 70.0 Å². The highest BCUT2D eigenvalue weighted by Gasteiger charge is 2.12. The minimum Gasteiger partial charge on any atom is -0.495 e. The second kappa shape index (κ2) is 8.26. The molecule has 0 saturated heterocycles. The summed E-state index contributed by atoms with van der Waals surface area (Å²) in [5.74, 6) is 0.169. The lowest BCUT2D eigenvalue weighted by atomic mass is 10.1. The van der Waals surface area contributed by atoms with E-state index in [1.54, 1.807) is 30.5 Å². The van der Waals surface area contributed by atoms with Gasteiger partial charge in [0.15, 0.2) is 5.43 Å². The lowest BCUT2D eigenvalue weighted by Crippen LogP contribution is -2.28. The van der Waals surface area contributed by atoms with Crippen molar-refractivity contribution in [2.45, 2.75) is 6.54 Å². The number of methoxy groups -OCH3 is 1. The Morgan fingerprint density at radius 1 is 1.11 bits per heavy atom. The van der Waals surface area contributed by atoms with Gasteiger partial charge in [0.1, 0.15) is 5.75 Å². The number of H-pyrrole nitrogens is 1. The van der Waals surface area contributed by atoms with Crippen molar-refractivity contribution in [3.63, 3.8) is 0 Å². The van der Waals surface area contributed by atoms with Gasteiger partial charge in [-0.2, -0.15) is 0 Å². The lowest BCUT2D eigenvalue weighted by molar-refractivity contribution is 0.0963. The summed E-state index contributed by atoms with van der Waals surface area (Å²) in [7, 11) is 3.01. The third-order valence-corrected chi connectivity index (χ3v) is 4.21. The normalized spacial score (nSPS) is 10.4. The van der Waals surface area contributed by atoms with Gasteiger partial charge < -0.3 is 25.7 Å². The van der Waals surface area contributed by atoms with E-state index in [0.717, 1.165) is 5.56 Å². The van der Waals surface area contributed by atoms with Crippen LogP contribution in [0.5, 0.6) is 5.75 Å². The number of aromatic amines is 1. The molecule has 8 heteroatoms. The van der Waals surface area contributed by atoms with Gasteiger partial charge in [0.25, 0.3) is 5.91 Å². The predicted molar refractivity (Wildman–Crippen MR) is 107 cm³/mol. The van der Waals surface area contributed by atoms with Crippen LogP contribution in [0.2, 0.25) is 0 Å². The maximum Gasteiger partial charge on any atom is 0.319 e. The van der Waals surface area contributed by atoms with Gasteiger partial charge in [-0.05, 0) is 35.9 Å². The molecule has 2 aromatic carbocycles. The third kappa shape index (κ3) is 4.12. The number of urea groups is 1. The highest BCUT2D eigenvalue weighted by atomic mass is 16.5. The first-order valence-electron chi connectivity index (χ1n) is 8.57. The molecule has 0 aliphatic rings. The first kappa shape index (κ1) is 19.0. The number of hydrogen-bond acceptors (Lipinski definition) is 4. The summed E-state index contributed by atoms with van der Waals surface area (Å²) < 4.78 is 5.23. The number of benzene rings is 2. The van der Waals surface area contributed by atoms with Gasteiger partial charge in [0, 0.05) is 42.3 Å². The topological polar surface area (TPSA) is 112 Å². The van der Waals surface area contributed by atoms with Crippen molar-refractivity contribution in [1.29, 1.82) is 0 Å². The average molecular weight is 380 g/mol. The van der Waals surface area contributed by atoms with Crippen LogP contribution in [-0.2, 0) is 6.54 Å². The average Bonchev–Trinajstić information content (AvgIpc) is 2.71. The van der Waals surface area contributed by atoms with Gasteiger partial charge in [-0.15, -0.1) is 0 Å². The molecule has 0 bridgehead atoms. The molecule has 0 unspecified atom stereocenters. The van der Waals surface area contributed by atoms with Gasteiger partial charge in [0.05, 0.1) is 12.8 Å². The molecular weight excluding hydrogens is 360 g/mol. The van der Waals surface area contributed by atoms with Crippen LogP contribution in [0.1, 0.15) is 15.9 Å². The van der Waals surface area contributed by atoms with E-state index in [1.165, 1.54) is 26.3 Å². The lowest BCUT2D eigenvalue weighted by Gasteiger charge is -2.13. The largest absolute Gasteiger partial charge is 0.495 e. The first-order valence-corrected chi connectivity index (χ1v) is 8.57. The Bertz CT molecular complexity index is 1090. The Morgan fingerprint density at radius 2 is 1.93 bits per heavy atom. The number of fused-ring (bicyclic) bond motifs is 1. The summed E-state index contributed by atoms with van der Waals surface area (Å²) in [6.45, 7) is 0.260. The van der Waals surface area contributed by atoms with Crippen molar-refractivity contribution in [1.82, 2.24) is 15.6 Å². The molecule has 3 aromatic rings. The van der Waals surface area contributed by atoms with E-state index in [-0.39, 0.29) is 17.9 Å². The summed E-state index contributed by atoms with van der Waals surface area (Å²) in [5, 5.41) is 8.55. The predicted octanol–water partition coefficient (Wildman–Crippen LogP) is 2.22. The molecule has 0 radical (unpaired) electrons. The van der Waals surface area contributed by atoms with E-state index in [0.29, 0.717) is 27.9 Å². The molecule has 28 heavy (non-hydrogen) atoms. The van der Waals surface area contributed by atoms with Crippen LogP contribution in [0, 0.1) is 0 Å². The van der Waals surface area contributed by atoms with Crippen molar-refractivity contribution in [2.75, 3.05) is 19.5 Å². The summed E-state index contributed by atoms with van der Waals surface area (Å²) in [6.07, 6.45) is 1.58. The summed E-state index contributed by atoms with van der Waals surface area (Å²) in [6, 6.07) is 11.1. The van der Waals surface area contributed by atoms with E-state index in [4.69, 9.17) is 4.74 Å². The smallest absolute Gasteiger partial charge is 0.319 e. The number of rotatable bonds is 5. The minimum atomic E-state index is -0.450. The van der Waals surface area contributed by atoms with Crippen LogP contribution < -0.4 is 26.1 Å². The molecule has 3 rings (SSSR count). The number of anilines is 1. The minimum absolute atomic E-state index is 0.0610. The number of hydrogen-bond donors (Lipinski definition) is 4. The van der Waals surface area contributed by atoms with Crippen LogP contribution in [0.25, 0.3) is 10.9 Å². The molecule has 0 fully saturated rings. The third-order valence-electron chi connectivity index (χ3n) is 4.21. The summed E-state index contributed by atoms with van der Waals surface area (Å²) in [4.78, 5) is 38.9. The fraction of sp³-hybridized carbons (Fsp3) is 0.150. The Hall–Kier alpha value is -3.81. The monoisotopic (exact) mass is 380 g/mol. The van der Waals surface area contributed by atoms with Gasteiger partial charge >= 0.3 is 6.03 Å². The standard InChI is InChI=1S/C20H20N4O4/c1-21-19(26)13-4-6-18(28-2)16(10-13)24-20(27)23-11-12-3-5-14-15(9-12)22-8-7-17(14)25/h3-10H,11H2,1-2H3,(H,21,26)(H,22,25)(H2,23,24,27).